The minimum Gasteiger partial charge on any atom is -0.444 e. The minimum absolute atomic E-state index is 0.101. The van der Waals surface area contributed by atoms with E-state index in [4.69, 9.17) is 14.5 Å². The molecule has 1 aromatic heterocycles. The van der Waals surface area contributed by atoms with Gasteiger partial charge in [0.15, 0.2) is 0 Å². The third kappa shape index (κ3) is 7.07. The number of hydrogen-bond acceptors (Lipinski definition) is 7. The molecular formula is C31H39N5O4. The predicted octanol–water partition coefficient (Wildman–Crippen LogP) is 5.51. The number of anilines is 2. The Hall–Kier alpha value is -3.72. The lowest BCUT2D eigenvalue weighted by atomic mass is 9.96. The van der Waals surface area contributed by atoms with Crippen molar-refractivity contribution < 1.29 is 19.1 Å². The smallest absolute Gasteiger partial charge is 0.410 e. The van der Waals surface area contributed by atoms with Gasteiger partial charge in [-0.1, -0.05) is 30.3 Å². The minimum atomic E-state index is -0.527. The molecule has 0 radical (unpaired) electrons. The lowest BCUT2D eigenvalue weighted by Gasteiger charge is -2.35. The lowest BCUT2D eigenvalue weighted by Crippen LogP contribution is -2.45. The fourth-order valence-corrected chi connectivity index (χ4v) is 5.23. The molecular weight excluding hydrogens is 506 g/mol. The monoisotopic (exact) mass is 545 g/mol. The number of carbonyl (C=O) groups is 2. The summed E-state index contributed by atoms with van der Waals surface area (Å²) in [5, 5.41) is 5.53. The quantitative estimate of drug-likeness (QED) is 0.436. The van der Waals surface area contributed by atoms with Crippen LogP contribution in [0, 0.1) is 5.92 Å². The van der Waals surface area contributed by atoms with Crippen LogP contribution in [0.4, 0.5) is 16.6 Å². The average Bonchev–Trinajstić information content (AvgIpc) is 2.95. The van der Waals surface area contributed by atoms with Crippen LogP contribution in [0.5, 0.6) is 0 Å². The number of nitrogens with one attached hydrogen (secondary N) is 1. The van der Waals surface area contributed by atoms with E-state index in [-0.39, 0.29) is 24.0 Å². The number of fused-ring (bicyclic) bond motifs is 1. The van der Waals surface area contributed by atoms with Gasteiger partial charge in [0.05, 0.1) is 0 Å². The maximum Gasteiger partial charge on any atom is 0.410 e. The zero-order valence-corrected chi connectivity index (χ0v) is 23.6. The lowest BCUT2D eigenvalue weighted by molar-refractivity contribution is 0.0185. The molecule has 0 unspecified atom stereocenters. The zero-order valence-electron chi connectivity index (χ0n) is 23.6. The second-order valence-electron chi connectivity index (χ2n) is 11.7. The summed E-state index contributed by atoms with van der Waals surface area (Å²) in [5.74, 6) is 1.19. The van der Waals surface area contributed by atoms with E-state index >= 15 is 0 Å². The van der Waals surface area contributed by atoms with Crippen molar-refractivity contribution in [2.75, 3.05) is 43.1 Å². The highest BCUT2D eigenvalue weighted by molar-refractivity contribution is 6.07. The van der Waals surface area contributed by atoms with Crippen LogP contribution in [-0.4, -0.2) is 71.4 Å². The summed E-state index contributed by atoms with van der Waals surface area (Å²) in [7, 11) is 0. The van der Waals surface area contributed by atoms with Gasteiger partial charge in [0.1, 0.15) is 11.4 Å². The molecule has 0 atom stereocenters. The molecule has 9 heteroatoms. The summed E-state index contributed by atoms with van der Waals surface area (Å²) >= 11 is 0. The Morgan fingerprint density at radius 1 is 1.02 bits per heavy atom. The number of piperidine rings is 1. The summed E-state index contributed by atoms with van der Waals surface area (Å²) in [4.78, 5) is 39.4. The number of nitrogens with zero attached hydrogens (tertiary/aromatic N) is 4. The Kier molecular flexibility index (Phi) is 8.49. The maximum atomic E-state index is 14.0. The topological polar surface area (TPSA) is 96.9 Å². The molecule has 3 aromatic rings. The summed E-state index contributed by atoms with van der Waals surface area (Å²) in [6, 6.07) is 15.9. The number of carbonyl (C=O) groups excluding carboxylic acids is 2. The fourth-order valence-electron chi connectivity index (χ4n) is 5.23. The van der Waals surface area contributed by atoms with Gasteiger partial charge >= 0.3 is 6.09 Å². The van der Waals surface area contributed by atoms with Crippen molar-refractivity contribution in [2.24, 2.45) is 5.92 Å². The van der Waals surface area contributed by atoms with E-state index in [2.05, 4.69) is 10.3 Å². The van der Waals surface area contributed by atoms with E-state index in [1.807, 2.05) is 63.2 Å². The van der Waals surface area contributed by atoms with Crippen molar-refractivity contribution in [1.29, 1.82) is 0 Å². The van der Waals surface area contributed by atoms with Gasteiger partial charge in [0, 0.05) is 50.7 Å². The van der Waals surface area contributed by atoms with E-state index in [1.165, 1.54) is 0 Å². The number of amides is 2. The Morgan fingerprint density at radius 3 is 2.48 bits per heavy atom. The summed E-state index contributed by atoms with van der Waals surface area (Å²) < 4.78 is 11.0. The van der Waals surface area contributed by atoms with Crippen molar-refractivity contribution >= 4 is 34.5 Å². The number of benzene rings is 2. The van der Waals surface area contributed by atoms with Crippen molar-refractivity contribution in [3.63, 3.8) is 0 Å². The summed E-state index contributed by atoms with van der Waals surface area (Å²) in [6.45, 7) is 8.75. The normalized spacial score (nSPS) is 17.0. The molecule has 0 spiro atoms. The van der Waals surface area contributed by atoms with E-state index in [9.17, 15) is 9.59 Å². The van der Waals surface area contributed by atoms with Crippen molar-refractivity contribution in [3.8, 4) is 0 Å². The summed E-state index contributed by atoms with van der Waals surface area (Å²) in [6.07, 6.45) is 4.76. The number of hydrogen-bond donors (Lipinski definition) is 1. The number of aromatic nitrogens is 2. The first-order chi connectivity index (χ1) is 19.2. The van der Waals surface area contributed by atoms with Crippen molar-refractivity contribution in [3.05, 3.63) is 60.3 Å². The van der Waals surface area contributed by atoms with Gasteiger partial charge in [-0.2, -0.15) is 4.98 Å². The SMILES string of the molecule is CC(C)(C)OC(=O)N1CCC(CN(C(=O)c2ccc3ccccc3c2)c2ccnc(NC3CCOCC3)n2)CC1. The first-order valence-electron chi connectivity index (χ1n) is 14.2. The first kappa shape index (κ1) is 27.8. The highest BCUT2D eigenvalue weighted by Gasteiger charge is 2.30. The predicted molar refractivity (Wildman–Crippen MR) is 156 cm³/mol. The fraction of sp³-hybridized carbons (Fsp3) is 0.484. The highest BCUT2D eigenvalue weighted by atomic mass is 16.6. The van der Waals surface area contributed by atoms with Gasteiger partial charge in [0.2, 0.25) is 5.95 Å². The van der Waals surface area contributed by atoms with Gasteiger partial charge in [-0.25, -0.2) is 9.78 Å². The number of ether oxygens (including phenoxy) is 2. The Balaban J connectivity index is 1.35. The molecule has 212 valence electrons. The second-order valence-corrected chi connectivity index (χ2v) is 11.7. The first-order valence-corrected chi connectivity index (χ1v) is 14.2. The molecule has 2 fully saturated rings. The van der Waals surface area contributed by atoms with Crippen LogP contribution in [0.15, 0.2) is 54.7 Å². The molecule has 2 aliphatic heterocycles. The Morgan fingerprint density at radius 2 is 1.75 bits per heavy atom. The number of likely N-dealkylation sites (tertiary alicyclic amines) is 1. The molecule has 3 heterocycles. The molecule has 5 rings (SSSR count). The number of rotatable bonds is 6. The van der Waals surface area contributed by atoms with Crippen LogP contribution in [0.2, 0.25) is 0 Å². The standard InChI is InChI=1S/C31H39N5O4/c1-31(2,3)40-30(38)35-16-11-22(12-17-35)21-36(28(37)25-9-8-23-6-4-5-7-24(23)20-25)27-10-15-32-29(34-27)33-26-13-18-39-19-14-26/h4-10,15,20,22,26H,11-14,16-19,21H2,1-3H3,(H,32,33,34). The Labute approximate surface area is 235 Å². The Bertz CT molecular complexity index is 1330. The van der Waals surface area contributed by atoms with Crippen LogP contribution in [0.1, 0.15) is 56.8 Å². The maximum absolute atomic E-state index is 14.0. The third-order valence-corrected chi connectivity index (χ3v) is 7.42. The van der Waals surface area contributed by atoms with Crippen LogP contribution in [0.25, 0.3) is 10.8 Å². The van der Waals surface area contributed by atoms with E-state index in [0.717, 1.165) is 36.5 Å². The van der Waals surface area contributed by atoms with E-state index < -0.39 is 5.60 Å². The molecule has 0 bridgehead atoms. The van der Waals surface area contributed by atoms with Crippen LogP contribution in [-0.2, 0) is 9.47 Å². The van der Waals surface area contributed by atoms with Gasteiger partial charge < -0.3 is 19.7 Å². The molecule has 40 heavy (non-hydrogen) atoms. The molecule has 0 saturated carbocycles. The van der Waals surface area contributed by atoms with Crippen LogP contribution >= 0.6 is 0 Å². The average molecular weight is 546 g/mol. The van der Waals surface area contributed by atoms with Crippen molar-refractivity contribution in [1.82, 2.24) is 14.9 Å². The van der Waals surface area contributed by atoms with E-state index in [1.54, 1.807) is 22.1 Å². The molecule has 0 aliphatic carbocycles. The molecule has 1 N–H and O–H groups in total. The van der Waals surface area contributed by atoms with Crippen LogP contribution < -0.4 is 10.2 Å². The van der Waals surface area contributed by atoms with Crippen LogP contribution in [0.3, 0.4) is 0 Å². The molecule has 2 aliphatic rings. The molecule has 9 nitrogen and oxygen atoms in total. The molecule has 2 saturated heterocycles. The zero-order chi connectivity index (χ0) is 28.1. The highest BCUT2D eigenvalue weighted by Crippen LogP contribution is 2.26. The van der Waals surface area contributed by atoms with Gasteiger partial charge in [-0.05, 0) is 81.3 Å². The van der Waals surface area contributed by atoms with E-state index in [0.29, 0.717) is 50.2 Å². The second kappa shape index (κ2) is 12.2. The van der Waals surface area contributed by atoms with Crippen molar-refractivity contribution in [2.45, 2.75) is 58.1 Å². The largest absolute Gasteiger partial charge is 0.444 e. The van der Waals surface area contributed by atoms with Gasteiger partial charge in [-0.15, -0.1) is 0 Å². The molecule has 2 aromatic carbocycles. The summed E-state index contributed by atoms with van der Waals surface area (Å²) in [5.41, 5.74) is 0.0860. The third-order valence-electron chi connectivity index (χ3n) is 7.42. The molecule has 2 amide bonds. The van der Waals surface area contributed by atoms with Gasteiger partial charge in [0.25, 0.3) is 5.91 Å². The van der Waals surface area contributed by atoms with Gasteiger partial charge in [-0.3, -0.25) is 9.69 Å².